The highest BCUT2D eigenvalue weighted by Gasteiger charge is 2.38. The van der Waals surface area contributed by atoms with Gasteiger partial charge in [-0.3, -0.25) is 9.78 Å². The number of halogens is 3. The third kappa shape index (κ3) is 4.05. The average molecular weight is 326 g/mol. The van der Waals surface area contributed by atoms with E-state index in [1.54, 1.807) is 6.07 Å². The SMILES string of the molecule is O=C(CC1CC1)NCc1ccc(-c2noc(C(F)(F)F)n2)cn1. The Kier molecular flexibility index (Phi) is 4.01. The van der Waals surface area contributed by atoms with Gasteiger partial charge in [-0.05, 0) is 30.9 Å². The zero-order chi connectivity index (χ0) is 16.4. The van der Waals surface area contributed by atoms with E-state index in [9.17, 15) is 18.0 Å². The Morgan fingerprint density at radius 3 is 2.70 bits per heavy atom. The van der Waals surface area contributed by atoms with Gasteiger partial charge in [0.25, 0.3) is 0 Å². The molecule has 0 bridgehead atoms. The molecule has 1 saturated carbocycles. The summed E-state index contributed by atoms with van der Waals surface area (Å²) in [6.07, 6.45) is -0.602. The molecule has 1 N–H and O–H groups in total. The standard InChI is InChI=1S/C14H13F3N4O2/c15-14(16,17)13-20-12(21-23-13)9-3-4-10(18-6-9)7-19-11(22)5-8-1-2-8/h3-4,6,8H,1-2,5,7H2,(H,19,22). The topological polar surface area (TPSA) is 80.9 Å². The van der Waals surface area contributed by atoms with Crippen molar-refractivity contribution in [3.8, 4) is 11.4 Å². The van der Waals surface area contributed by atoms with Gasteiger partial charge >= 0.3 is 12.1 Å². The number of carbonyl (C=O) groups excluding carboxylic acids is 1. The van der Waals surface area contributed by atoms with Crippen LogP contribution >= 0.6 is 0 Å². The third-order valence-electron chi connectivity index (χ3n) is 3.39. The summed E-state index contributed by atoms with van der Waals surface area (Å²) in [5, 5.41) is 6.03. The Balaban J connectivity index is 1.60. The second-order valence-corrected chi connectivity index (χ2v) is 5.38. The molecule has 3 rings (SSSR count). The highest BCUT2D eigenvalue weighted by Crippen LogP contribution is 2.32. The molecule has 0 aromatic carbocycles. The second kappa shape index (κ2) is 5.98. The normalized spacial score (nSPS) is 14.7. The molecular weight excluding hydrogens is 313 g/mol. The lowest BCUT2D eigenvalue weighted by Gasteiger charge is -2.04. The van der Waals surface area contributed by atoms with Gasteiger partial charge in [0.2, 0.25) is 11.7 Å². The summed E-state index contributed by atoms with van der Waals surface area (Å²) in [5.41, 5.74) is 0.898. The Morgan fingerprint density at radius 1 is 1.35 bits per heavy atom. The largest absolute Gasteiger partial charge is 0.471 e. The van der Waals surface area contributed by atoms with Gasteiger partial charge in [0.15, 0.2) is 0 Å². The Labute approximate surface area is 129 Å². The van der Waals surface area contributed by atoms with Crippen LogP contribution in [0.5, 0.6) is 0 Å². The number of amides is 1. The molecule has 6 nitrogen and oxygen atoms in total. The van der Waals surface area contributed by atoms with Crippen LogP contribution in [-0.4, -0.2) is 21.0 Å². The van der Waals surface area contributed by atoms with Gasteiger partial charge in [0.05, 0.1) is 12.2 Å². The first-order valence-corrected chi connectivity index (χ1v) is 7.05. The van der Waals surface area contributed by atoms with Crippen molar-refractivity contribution >= 4 is 5.91 Å². The van der Waals surface area contributed by atoms with Gasteiger partial charge in [-0.15, -0.1) is 0 Å². The van der Waals surface area contributed by atoms with Crippen LogP contribution in [0.3, 0.4) is 0 Å². The van der Waals surface area contributed by atoms with Crippen molar-refractivity contribution in [3.63, 3.8) is 0 Å². The summed E-state index contributed by atoms with van der Waals surface area (Å²) in [7, 11) is 0. The van der Waals surface area contributed by atoms with Crippen molar-refractivity contribution in [2.45, 2.75) is 32.0 Å². The fourth-order valence-corrected chi connectivity index (χ4v) is 1.96. The quantitative estimate of drug-likeness (QED) is 0.913. The first-order chi connectivity index (χ1) is 10.9. The Hall–Kier alpha value is -2.45. The predicted octanol–water partition coefficient (Wildman–Crippen LogP) is 2.57. The molecule has 0 radical (unpaired) electrons. The van der Waals surface area contributed by atoms with Crippen LogP contribution in [0.15, 0.2) is 22.9 Å². The lowest BCUT2D eigenvalue weighted by Crippen LogP contribution is -2.23. The average Bonchev–Trinajstić information content (AvgIpc) is 3.16. The molecule has 0 saturated heterocycles. The highest BCUT2D eigenvalue weighted by molar-refractivity contribution is 5.76. The number of carbonyl (C=O) groups is 1. The predicted molar refractivity (Wildman–Crippen MR) is 71.7 cm³/mol. The number of nitrogens with one attached hydrogen (secondary N) is 1. The van der Waals surface area contributed by atoms with E-state index < -0.39 is 12.1 Å². The van der Waals surface area contributed by atoms with Gasteiger partial charge in [-0.1, -0.05) is 5.16 Å². The van der Waals surface area contributed by atoms with Crippen molar-refractivity contribution in [1.29, 1.82) is 0 Å². The maximum Gasteiger partial charge on any atom is 0.471 e. The fraction of sp³-hybridized carbons (Fsp3) is 0.429. The molecule has 1 aliphatic carbocycles. The van der Waals surface area contributed by atoms with Crippen LogP contribution in [0.2, 0.25) is 0 Å². The van der Waals surface area contributed by atoms with E-state index in [4.69, 9.17) is 0 Å². The van der Waals surface area contributed by atoms with Crippen LogP contribution in [0.1, 0.15) is 30.8 Å². The van der Waals surface area contributed by atoms with E-state index in [0.29, 0.717) is 23.6 Å². The number of hydrogen-bond donors (Lipinski definition) is 1. The number of alkyl halides is 3. The monoisotopic (exact) mass is 326 g/mol. The van der Waals surface area contributed by atoms with Crippen LogP contribution < -0.4 is 5.32 Å². The van der Waals surface area contributed by atoms with Gasteiger partial charge in [-0.25, -0.2) is 0 Å². The van der Waals surface area contributed by atoms with Crippen LogP contribution in [0.4, 0.5) is 13.2 Å². The first kappa shape index (κ1) is 15.4. The zero-order valence-electron chi connectivity index (χ0n) is 11.9. The van der Waals surface area contributed by atoms with Gasteiger partial charge in [0, 0.05) is 18.2 Å². The van der Waals surface area contributed by atoms with E-state index in [1.807, 2.05) is 0 Å². The van der Waals surface area contributed by atoms with Crippen molar-refractivity contribution in [2.75, 3.05) is 0 Å². The van der Waals surface area contributed by atoms with Crippen molar-refractivity contribution < 1.29 is 22.5 Å². The molecule has 2 aromatic heterocycles. The Bertz CT molecular complexity index is 693. The molecule has 0 atom stereocenters. The lowest BCUT2D eigenvalue weighted by atomic mass is 10.2. The molecule has 0 aliphatic heterocycles. The summed E-state index contributed by atoms with van der Waals surface area (Å²) in [5.74, 6) is -1.10. The molecule has 0 unspecified atom stereocenters. The molecular formula is C14H13F3N4O2. The summed E-state index contributed by atoms with van der Waals surface area (Å²) in [6, 6.07) is 3.12. The second-order valence-electron chi connectivity index (χ2n) is 5.38. The van der Waals surface area contributed by atoms with E-state index >= 15 is 0 Å². The van der Waals surface area contributed by atoms with Crippen molar-refractivity contribution in [1.82, 2.24) is 20.4 Å². The number of pyridine rings is 1. The first-order valence-electron chi connectivity index (χ1n) is 7.05. The molecule has 0 spiro atoms. The van der Waals surface area contributed by atoms with Gasteiger partial charge in [-0.2, -0.15) is 18.2 Å². The highest BCUT2D eigenvalue weighted by atomic mass is 19.4. The number of rotatable bonds is 5. The summed E-state index contributed by atoms with van der Waals surface area (Å²) >= 11 is 0. The molecule has 1 fully saturated rings. The molecule has 122 valence electrons. The van der Waals surface area contributed by atoms with Crippen LogP contribution in [-0.2, 0) is 17.5 Å². The molecule has 2 aromatic rings. The Morgan fingerprint density at radius 2 is 2.13 bits per heavy atom. The number of hydrogen-bond acceptors (Lipinski definition) is 5. The minimum atomic E-state index is -4.68. The molecule has 1 aliphatic rings. The molecule has 2 heterocycles. The molecule has 9 heteroatoms. The number of nitrogens with zero attached hydrogens (tertiary/aromatic N) is 3. The molecule has 1 amide bonds. The minimum absolute atomic E-state index is 0.0219. The van der Waals surface area contributed by atoms with Gasteiger partial charge < -0.3 is 9.84 Å². The van der Waals surface area contributed by atoms with Crippen LogP contribution in [0.25, 0.3) is 11.4 Å². The van der Waals surface area contributed by atoms with E-state index in [-0.39, 0.29) is 18.3 Å². The zero-order valence-corrected chi connectivity index (χ0v) is 11.9. The van der Waals surface area contributed by atoms with E-state index in [1.165, 1.54) is 12.3 Å². The minimum Gasteiger partial charge on any atom is -0.350 e. The summed E-state index contributed by atoms with van der Waals surface area (Å²) in [4.78, 5) is 18.9. The summed E-state index contributed by atoms with van der Waals surface area (Å²) < 4.78 is 41.4. The summed E-state index contributed by atoms with van der Waals surface area (Å²) in [6.45, 7) is 0.270. The van der Waals surface area contributed by atoms with E-state index in [2.05, 4.69) is 25.0 Å². The number of aromatic nitrogens is 3. The third-order valence-corrected chi connectivity index (χ3v) is 3.39. The lowest BCUT2D eigenvalue weighted by molar-refractivity contribution is -0.159. The maximum absolute atomic E-state index is 12.4. The maximum atomic E-state index is 12.4. The van der Waals surface area contributed by atoms with Crippen molar-refractivity contribution in [2.24, 2.45) is 5.92 Å². The van der Waals surface area contributed by atoms with Crippen LogP contribution in [0, 0.1) is 5.92 Å². The van der Waals surface area contributed by atoms with Gasteiger partial charge in [0.1, 0.15) is 0 Å². The van der Waals surface area contributed by atoms with E-state index in [0.717, 1.165) is 12.8 Å². The van der Waals surface area contributed by atoms with Crippen molar-refractivity contribution in [3.05, 3.63) is 29.9 Å². The smallest absolute Gasteiger partial charge is 0.350 e. The fourth-order valence-electron chi connectivity index (χ4n) is 1.96. The molecule has 23 heavy (non-hydrogen) atoms.